The van der Waals surface area contributed by atoms with Crippen LogP contribution in [0, 0.1) is 0 Å². The topological polar surface area (TPSA) is 85.3 Å². The number of rotatable bonds is 7. The van der Waals surface area contributed by atoms with Gasteiger partial charge in [-0.2, -0.15) is 0 Å². The highest BCUT2D eigenvalue weighted by Gasteiger charge is 2.29. The molecule has 2 aromatic carbocycles. The van der Waals surface area contributed by atoms with E-state index in [2.05, 4.69) is 15.1 Å². The van der Waals surface area contributed by atoms with E-state index in [1.165, 1.54) is 0 Å². The molecule has 2 aliphatic rings. The van der Waals surface area contributed by atoms with Crippen molar-refractivity contribution < 1.29 is 9.84 Å². The summed E-state index contributed by atoms with van der Waals surface area (Å²) in [6, 6.07) is 7.71. The number of aliphatic hydroxyl groups is 1. The Labute approximate surface area is 180 Å². The molecule has 0 bridgehead atoms. The lowest BCUT2D eigenvalue weighted by Gasteiger charge is -2.38. The third-order valence-electron chi connectivity index (χ3n) is 5.74. The number of halogens is 1. The second kappa shape index (κ2) is 9.34. The van der Waals surface area contributed by atoms with Gasteiger partial charge in [0.15, 0.2) is 0 Å². The van der Waals surface area contributed by atoms with Crippen LogP contribution in [0.1, 0.15) is 0 Å². The van der Waals surface area contributed by atoms with Crippen LogP contribution in [0.15, 0.2) is 33.9 Å². The van der Waals surface area contributed by atoms with Gasteiger partial charge >= 0.3 is 0 Å². The minimum Gasteiger partial charge on any atom is -0.390 e. The molecule has 8 nitrogen and oxygen atoms in total. The molecule has 4 rings (SSSR count). The van der Waals surface area contributed by atoms with Gasteiger partial charge in [0.05, 0.1) is 19.3 Å². The molecule has 0 radical (unpaired) electrons. The summed E-state index contributed by atoms with van der Waals surface area (Å²) in [4.78, 5) is 30.6. The fourth-order valence-electron chi connectivity index (χ4n) is 4.07. The Morgan fingerprint density at radius 1 is 1.03 bits per heavy atom. The van der Waals surface area contributed by atoms with Gasteiger partial charge in [-0.15, -0.1) is 0 Å². The van der Waals surface area contributed by atoms with Crippen LogP contribution in [0.25, 0.3) is 0 Å². The van der Waals surface area contributed by atoms with Gasteiger partial charge in [-0.05, 0) is 18.2 Å². The summed E-state index contributed by atoms with van der Waals surface area (Å²) in [5.41, 5.74) is 0.885. The summed E-state index contributed by atoms with van der Waals surface area (Å²) >= 11 is 6.09. The fraction of sp³-hybridized carbons (Fsp3) is 0.524. The molecule has 2 aliphatic heterocycles. The summed E-state index contributed by atoms with van der Waals surface area (Å²) in [7, 11) is 0. The van der Waals surface area contributed by atoms with E-state index in [0.29, 0.717) is 49.2 Å². The monoisotopic (exact) mass is 434 g/mol. The smallest absolute Gasteiger partial charge is 0.253 e. The van der Waals surface area contributed by atoms with Gasteiger partial charge in [0, 0.05) is 63.1 Å². The molecule has 1 atom stereocenters. The van der Waals surface area contributed by atoms with Crippen LogP contribution < -0.4 is 26.0 Å². The lowest BCUT2D eigenvalue weighted by molar-refractivity contribution is 0.0171. The van der Waals surface area contributed by atoms with Crippen molar-refractivity contribution in [2.75, 3.05) is 80.7 Å². The lowest BCUT2D eigenvalue weighted by atomic mass is 10.1. The van der Waals surface area contributed by atoms with E-state index in [4.69, 9.17) is 16.3 Å². The van der Waals surface area contributed by atoms with Gasteiger partial charge in [0.25, 0.3) is 10.9 Å². The molecule has 162 valence electrons. The Bertz CT molecular complexity index is 931. The van der Waals surface area contributed by atoms with Crippen molar-refractivity contribution in [1.82, 2.24) is 4.90 Å². The third kappa shape index (κ3) is 4.62. The molecule has 9 heteroatoms. The summed E-state index contributed by atoms with van der Waals surface area (Å²) < 4.78 is 5.31. The Morgan fingerprint density at radius 3 is 2.43 bits per heavy atom. The summed E-state index contributed by atoms with van der Waals surface area (Å²) in [6.45, 7) is 6.42. The number of benzene rings is 1. The number of β-amino-alcohol motifs (C(OH)–C–C–N with tert-alkyl or cyclic N) is 1. The SMILES string of the molecule is O=c1c(NC[C@H](O)CN2CCOCC2)c(N2CCN(c3cccc(Cl)c3)CC2)c1=O. The van der Waals surface area contributed by atoms with Crippen molar-refractivity contribution in [2.45, 2.75) is 6.10 Å². The Balaban J connectivity index is 1.33. The molecule has 2 heterocycles. The number of hydrogen-bond donors (Lipinski definition) is 2. The van der Waals surface area contributed by atoms with Crippen LogP contribution in [0.2, 0.25) is 5.02 Å². The van der Waals surface area contributed by atoms with Crippen molar-refractivity contribution in [3.05, 3.63) is 49.7 Å². The average Bonchev–Trinajstić information content (AvgIpc) is 2.77. The highest BCUT2D eigenvalue weighted by atomic mass is 35.5. The fourth-order valence-corrected chi connectivity index (χ4v) is 4.26. The van der Waals surface area contributed by atoms with Gasteiger partial charge in [-0.25, -0.2) is 0 Å². The highest BCUT2D eigenvalue weighted by molar-refractivity contribution is 6.30. The molecule has 0 aliphatic carbocycles. The van der Waals surface area contributed by atoms with Crippen LogP contribution in [0.5, 0.6) is 0 Å². The van der Waals surface area contributed by atoms with E-state index in [0.717, 1.165) is 31.9 Å². The first kappa shape index (κ1) is 21.1. The van der Waals surface area contributed by atoms with Crippen molar-refractivity contribution in [2.24, 2.45) is 0 Å². The molecule has 0 spiro atoms. The number of anilines is 3. The van der Waals surface area contributed by atoms with E-state index in [1.807, 2.05) is 29.2 Å². The van der Waals surface area contributed by atoms with Crippen molar-refractivity contribution in [1.29, 1.82) is 0 Å². The maximum Gasteiger partial charge on any atom is 0.253 e. The maximum absolute atomic E-state index is 12.2. The number of morpholine rings is 1. The van der Waals surface area contributed by atoms with E-state index in [-0.39, 0.29) is 6.54 Å². The van der Waals surface area contributed by atoms with Crippen LogP contribution in [-0.2, 0) is 4.74 Å². The van der Waals surface area contributed by atoms with Crippen LogP contribution >= 0.6 is 11.6 Å². The predicted molar refractivity (Wildman–Crippen MR) is 119 cm³/mol. The average molecular weight is 435 g/mol. The van der Waals surface area contributed by atoms with Gasteiger partial charge in [0.2, 0.25) is 0 Å². The normalized spacial score (nSPS) is 19.3. The van der Waals surface area contributed by atoms with E-state index >= 15 is 0 Å². The standard InChI is InChI=1S/C21H27ClN4O4/c22-15-2-1-3-16(12-15)25-4-6-26(7-5-25)19-18(20(28)21(19)29)23-13-17(27)14-24-8-10-30-11-9-24/h1-3,12,17,23,27H,4-11,13-14H2/t17-/m0/s1. The summed E-state index contributed by atoms with van der Waals surface area (Å²) in [6.07, 6.45) is -0.625. The van der Waals surface area contributed by atoms with Crippen LogP contribution in [0.3, 0.4) is 0 Å². The molecule has 0 saturated carbocycles. The molecule has 0 aromatic heterocycles. The number of nitrogens with one attached hydrogen (secondary N) is 1. The largest absolute Gasteiger partial charge is 0.390 e. The number of piperazine rings is 1. The number of hydrogen-bond acceptors (Lipinski definition) is 8. The molecule has 2 saturated heterocycles. The zero-order chi connectivity index (χ0) is 21.1. The van der Waals surface area contributed by atoms with E-state index in [9.17, 15) is 14.7 Å². The van der Waals surface area contributed by atoms with Gasteiger partial charge in [-0.3, -0.25) is 14.5 Å². The summed E-state index contributed by atoms with van der Waals surface area (Å²) in [5, 5.41) is 14.0. The number of aliphatic hydroxyl groups excluding tert-OH is 1. The van der Waals surface area contributed by atoms with Crippen LogP contribution in [-0.4, -0.2) is 81.7 Å². The first-order valence-electron chi connectivity index (χ1n) is 10.3. The molecule has 2 N–H and O–H groups in total. The molecule has 30 heavy (non-hydrogen) atoms. The van der Waals surface area contributed by atoms with Crippen molar-refractivity contribution in [3.8, 4) is 0 Å². The predicted octanol–water partition coefficient (Wildman–Crippen LogP) is 0.368. The molecule has 2 fully saturated rings. The minimum atomic E-state index is -0.625. The number of nitrogens with zero attached hydrogens (tertiary/aromatic N) is 3. The molecular formula is C21H27ClN4O4. The second-order valence-corrected chi connectivity index (χ2v) is 8.22. The third-order valence-corrected chi connectivity index (χ3v) is 5.98. The lowest BCUT2D eigenvalue weighted by Crippen LogP contribution is -2.52. The van der Waals surface area contributed by atoms with Gasteiger partial charge in [0.1, 0.15) is 11.4 Å². The Morgan fingerprint density at radius 2 is 1.73 bits per heavy atom. The molecule has 2 aromatic rings. The first-order valence-corrected chi connectivity index (χ1v) is 10.7. The maximum atomic E-state index is 12.2. The second-order valence-electron chi connectivity index (χ2n) is 7.78. The van der Waals surface area contributed by atoms with Gasteiger partial charge < -0.3 is 25.0 Å². The molecule has 0 amide bonds. The first-order chi connectivity index (χ1) is 14.5. The van der Waals surface area contributed by atoms with E-state index < -0.39 is 17.0 Å². The zero-order valence-electron chi connectivity index (χ0n) is 16.8. The molecule has 0 unspecified atom stereocenters. The van der Waals surface area contributed by atoms with Crippen LogP contribution in [0.4, 0.5) is 17.1 Å². The zero-order valence-corrected chi connectivity index (χ0v) is 17.6. The van der Waals surface area contributed by atoms with E-state index in [1.54, 1.807) is 0 Å². The quantitative estimate of drug-likeness (QED) is 0.604. The van der Waals surface area contributed by atoms with Gasteiger partial charge in [-0.1, -0.05) is 17.7 Å². The highest BCUT2D eigenvalue weighted by Crippen LogP contribution is 2.25. The van der Waals surface area contributed by atoms with Crippen molar-refractivity contribution in [3.63, 3.8) is 0 Å². The van der Waals surface area contributed by atoms with Crippen molar-refractivity contribution >= 4 is 28.7 Å². The number of ether oxygens (including phenoxy) is 1. The Hall–Kier alpha value is -2.13. The molecular weight excluding hydrogens is 408 g/mol. The Kier molecular flexibility index (Phi) is 6.58. The summed E-state index contributed by atoms with van der Waals surface area (Å²) in [5.74, 6) is 0. The minimum absolute atomic E-state index is 0.234.